The van der Waals surface area contributed by atoms with Gasteiger partial charge in [0.15, 0.2) is 6.21 Å². The molecule has 1 aromatic heterocycles. The lowest BCUT2D eigenvalue weighted by atomic mass is 9.95. The van der Waals surface area contributed by atoms with Crippen molar-refractivity contribution in [1.29, 1.82) is 0 Å². The lowest BCUT2D eigenvalue weighted by Gasteiger charge is -2.28. The Labute approximate surface area is 219 Å². The Bertz CT molecular complexity index is 1290. The number of nitrogens with one attached hydrogen (secondary N) is 2. The number of nitrogens with zero attached hydrogens (tertiary/aromatic N) is 2. The predicted molar refractivity (Wildman–Crippen MR) is 142 cm³/mol. The van der Waals surface area contributed by atoms with Crippen LogP contribution in [0, 0.1) is 0 Å². The number of nitrogens with two attached hydrogens (primary N) is 2. The summed E-state index contributed by atoms with van der Waals surface area (Å²) in [4.78, 5) is 18.9. The van der Waals surface area contributed by atoms with Gasteiger partial charge in [-0.25, -0.2) is 4.98 Å². The summed E-state index contributed by atoms with van der Waals surface area (Å²) in [6.07, 6.45) is -1.32. The number of pyridine rings is 1. The highest BCUT2D eigenvalue weighted by Crippen LogP contribution is 2.35. The standard InChI is InChI=1S/C28H31F3N6O/c1-18(19-2-4-20(5-3-19)23-13-22(15-32)27(33)35-16-23)12-26(38)36-24-7-6-21(25(14-24)28(29,30)31)17-37-10-8-34-9-11-37/h2-7,13-16,18,32,34H,8-12,17H2,1H3,(H2,33,35)(H,36,38)/p+1/t18-/m0/s1. The van der Waals surface area contributed by atoms with Crippen molar-refractivity contribution >= 4 is 23.6 Å². The molecule has 0 aliphatic carbocycles. The molecule has 1 amide bonds. The molecule has 1 fully saturated rings. The first-order chi connectivity index (χ1) is 18.1. The first kappa shape index (κ1) is 27.3. The van der Waals surface area contributed by atoms with Gasteiger partial charge in [-0.15, -0.1) is 0 Å². The van der Waals surface area contributed by atoms with E-state index in [-0.39, 0.29) is 36.0 Å². The highest BCUT2D eigenvalue weighted by atomic mass is 19.4. The van der Waals surface area contributed by atoms with Crippen LogP contribution in [0.25, 0.3) is 11.1 Å². The third kappa shape index (κ3) is 6.76. The van der Waals surface area contributed by atoms with Gasteiger partial charge in [0.2, 0.25) is 5.91 Å². The fourth-order valence-corrected chi connectivity index (χ4v) is 4.56. The zero-order valence-corrected chi connectivity index (χ0v) is 21.2. The van der Waals surface area contributed by atoms with E-state index in [0.29, 0.717) is 24.5 Å². The molecule has 0 radical (unpaired) electrons. The average molecular weight is 526 g/mol. The van der Waals surface area contributed by atoms with Crippen molar-refractivity contribution in [2.45, 2.75) is 32.0 Å². The predicted octanol–water partition coefficient (Wildman–Crippen LogP) is 3.07. The van der Waals surface area contributed by atoms with Crippen molar-refractivity contribution < 1.29 is 23.4 Å². The molecule has 2 aromatic carbocycles. The Morgan fingerprint density at radius 1 is 1.16 bits per heavy atom. The van der Waals surface area contributed by atoms with E-state index in [0.717, 1.165) is 35.8 Å². The maximum atomic E-state index is 13.8. The van der Waals surface area contributed by atoms with Crippen LogP contribution in [0.15, 0.2) is 54.7 Å². The van der Waals surface area contributed by atoms with Crippen LogP contribution in [0.4, 0.5) is 24.7 Å². The Kier molecular flexibility index (Phi) is 8.43. The third-order valence-electron chi connectivity index (χ3n) is 6.74. The van der Waals surface area contributed by atoms with Gasteiger partial charge in [-0.1, -0.05) is 37.3 Å². The summed E-state index contributed by atoms with van der Waals surface area (Å²) < 4.78 is 41.4. The Balaban J connectivity index is 1.41. The van der Waals surface area contributed by atoms with E-state index >= 15 is 0 Å². The van der Waals surface area contributed by atoms with E-state index in [1.807, 2.05) is 42.2 Å². The molecular weight excluding hydrogens is 493 g/mol. The molecule has 1 saturated heterocycles. The van der Waals surface area contributed by atoms with E-state index in [1.54, 1.807) is 6.20 Å². The molecule has 7 nitrogen and oxygen atoms in total. The molecule has 1 aliphatic rings. The number of nitrogen functional groups attached to an aromatic ring is 1. The van der Waals surface area contributed by atoms with Gasteiger partial charge in [-0.05, 0) is 40.8 Å². The minimum Gasteiger partial charge on any atom is -0.383 e. The number of amides is 1. The minimum atomic E-state index is -4.51. The number of carbonyl (C=O) groups excluding carboxylic acids is 1. The number of alkyl halides is 3. The summed E-state index contributed by atoms with van der Waals surface area (Å²) in [7, 11) is 0. The minimum absolute atomic E-state index is 0.124. The van der Waals surface area contributed by atoms with Gasteiger partial charge >= 0.3 is 6.18 Å². The van der Waals surface area contributed by atoms with Crippen molar-refractivity contribution in [2.75, 3.05) is 37.2 Å². The lowest BCUT2D eigenvalue weighted by Crippen LogP contribution is -2.43. The summed E-state index contributed by atoms with van der Waals surface area (Å²) in [6.45, 7) is 5.01. The van der Waals surface area contributed by atoms with Crippen molar-refractivity contribution in [2.24, 2.45) is 0 Å². The van der Waals surface area contributed by atoms with E-state index in [2.05, 4.69) is 15.6 Å². The molecule has 38 heavy (non-hydrogen) atoms. The highest BCUT2D eigenvalue weighted by molar-refractivity contribution is 5.91. The van der Waals surface area contributed by atoms with Gasteiger partial charge in [0.25, 0.3) is 0 Å². The zero-order valence-electron chi connectivity index (χ0n) is 21.2. The second-order valence-electron chi connectivity index (χ2n) is 9.54. The number of hydrogen-bond acceptors (Lipinski definition) is 5. The average Bonchev–Trinajstić information content (AvgIpc) is 2.90. The SMILES string of the molecule is C[C@@H](CC(=O)Nc1ccc(CN2CCNCC2)c(C(F)(F)F)c1)c1ccc(-c2cnc(N)c(C=[NH2+])c2)cc1. The number of anilines is 2. The summed E-state index contributed by atoms with van der Waals surface area (Å²) in [5.41, 5.74) is 8.77. The zero-order chi connectivity index (χ0) is 27.3. The third-order valence-corrected chi connectivity index (χ3v) is 6.74. The van der Waals surface area contributed by atoms with Gasteiger partial charge in [0, 0.05) is 56.6 Å². The maximum absolute atomic E-state index is 13.8. The summed E-state index contributed by atoms with van der Waals surface area (Å²) in [5, 5.41) is 11.4. The fourth-order valence-electron chi connectivity index (χ4n) is 4.56. The smallest absolute Gasteiger partial charge is 0.383 e. The number of rotatable bonds is 8. The van der Waals surface area contributed by atoms with Gasteiger partial charge < -0.3 is 16.4 Å². The van der Waals surface area contributed by atoms with Crippen molar-refractivity contribution in [3.05, 3.63) is 77.0 Å². The lowest BCUT2D eigenvalue weighted by molar-refractivity contribution is -0.138. The van der Waals surface area contributed by atoms with Crippen LogP contribution in [0.1, 0.15) is 41.5 Å². The maximum Gasteiger partial charge on any atom is 0.416 e. The van der Waals surface area contributed by atoms with Crippen molar-refractivity contribution in [3.8, 4) is 11.1 Å². The number of benzene rings is 2. The van der Waals surface area contributed by atoms with E-state index < -0.39 is 11.7 Å². The van der Waals surface area contributed by atoms with E-state index in [9.17, 15) is 18.0 Å². The Morgan fingerprint density at radius 2 is 1.87 bits per heavy atom. The van der Waals surface area contributed by atoms with E-state index in [4.69, 9.17) is 11.1 Å². The topological polar surface area (TPSA) is 109 Å². The van der Waals surface area contributed by atoms with Crippen LogP contribution in [0.3, 0.4) is 0 Å². The highest BCUT2D eigenvalue weighted by Gasteiger charge is 2.34. The number of aromatic nitrogens is 1. The van der Waals surface area contributed by atoms with Crippen molar-refractivity contribution in [3.63, 3.8) is 0 Å². The molecule has 0 saturated carbocycles. The van der Waals surface area contributed by atoms with Crippen LogP contribution < -0.4 is 21.8 Å². The molecule has 3 aromatic rings. The number of halogens is 3. The molecule has 1 atom stereocenters. The Hall–Kier alpha value is -3.76. The first-order valence-corrected chi connectivity index (χ1v) is 12.5. The molecule has 10 heteroatoms. The van der Waals surface area contributed by atoms with Crippen LogP contribution in [-0.4, -0.2) is 48.2 Å². The molecule has 4 rings (SSSR count). The largest absolute Gasteiger partial charge is 0.416 e. The second-order valence-corrected chi connectivity index (χ2v) is 9.54. The molecular formula is C28H32F3N6O+. The van der Waals surface area contributed by atoms with Crippen LogP contribution >= 0.6 is 0 Å². The summed E-state index contributed by atoms with van der Waals surface area (Å²) >= 11 is 0. The van der Waals surface area contributed by atoms with Gasteiger partial charge in [-0.3, -0.25) is 15.1 Å². The number of hydrogen-bond donors (Lipinski definition) is 4. The first-order valence-electron chi connectivity index (χ1n) is 12.5. The molecule has 0 spiro atoms. The fraction of sp³-hybridized carbons (Fsp3) is 0.321. The normalized spacial score (nSPS) is 15.2. The molecule has 2 heterocycles. The molecule has 200 valence electrons. The second kappa shape index (κ2) is 11.7. The van der Waals surface area contributed by atoms with Crippen LogP contribution in [0.2, 0.25) is 0 Å². The van der Waals surface area contributed by atoms with Gasteiger partial charge in [0.1, 0.15) is 5.82 Å². The molecule has 1 aliphatic heterocycles. The van der Waals surface area contributed by atoms with E-state index in [1.165, 1.54) is 18.3 Å². The van der Waals surface area contributed by atoms with Gasteiger partial charge in [-0.2, -0.15) is 13.2 Å². The molecule has 0 bridgehead atoms. The quantitative estimate of drug-likeness (QED) is 0.338. The monoisotopic (exact) mass is 525 g/mol. The number of carbonyl (C=O) groups is 1. The van der Waals surface area contributed by atoms with Crippen molar-refractivity contribution in [1.82, 2.24) is 15.2 Å². The van der Waals surface area contributed by atoms with Crippen LogP contribution in [0.5, 0.6) is 0 Å². The Morgan fingerprint density at radius 3 is 2.53 bits per heavy atom. The number of piperazine rings is 1. The molecule has 6 N–H and O–H groups in total. The summed E-state index contributed by atoms with van der Waals surface area (Å²) in [5.74, 6) is -0.143. The molecule has 0 unspecified atom stereocenters. The summed E-state index contributed by atoms with van der Waals surface area (Å²) in [6, 6.07) is 13.6. The van der Waals surface area contributed by atoms with Gasteiger partial charge in [0.05, 0.1) is 11.1 Å². The van der Waals surface area contributed by atoms with Crippen LogP contribution in [-0.2, 0) is 17.5 Å².